The topological polar surface area (TPSA) is 43.8 Å². The molecule has 0 amide bonds. The minimum absolute atomic E-state index is 0.0672. The van der Waals surface area contributed by atoms with Gasteiger partial charge in [-0.3, -0.25) is 0 Å². The second-order valence-corrected chi connectivity index (χ2v) is 8.42. The van der Waals surface area contributed by atoms with Gasteiger partial charge in [-0.25, -0.2) is 4.98 Å². The third-order valence-electron chi connectivity index (χ3n) is 3.36. The van der Waals surface area contributed by atoms with Gasteiger partial charge in [0.25, 0.3) is 0 Å². The van der Waals surface area contributed by atoms with Crippen molar-refractivity contribution in [1.29, 1.82) is 0 Å². The maximum Gasteiger partial charge on any atom is 0.111 e. The van der Waals surface area contributed by atoms with Crippen molar-refractivity contribution in [1.82, 2.24) is 9.55 Å². The molecule has 2 aromatic heterocycles. The molecule has 20 heavy (non-hydrogen) atoms. The number of aromatic nitrogens is 2. The first-order chi connectivity index (χ1) is 9.56. The van der Waals surface area contributed by atoms with Crippen molar-refractivity contribution in [3.8, 4) is 0 Å². The van der Waals surface area contributed by atoms with Gasteiger partial charge in [-0.05, 0) is 55.6 Å². The lowest BCUT2D eigenvalue weighted by atomic mass is 10.1. The molecule has 3 nitrogen and oxygen atoms in total. The van der Waals surface area contributed by atoms with Crippen LogP contribution in [0, 0.1) is 0 Å². The molecule has 1 unspecified atom stereocenters. The molecule has 1 atom stereocenters. The molecule has 3 aromatic rings. The van der Waals surface area contributed by atoms with Crippen LogP contribution in [0.25, 0.3) is 11.0 Å². The maximum absolute atomic E-state index is 6.33. The Morgan fingerprint density at radius 3 is 2.75 bits per heavy atom. The quantitative estimate of drug-likeness (QED) is 0.689. The Morgan fingerprint density at radius 1 is 1.35 bits per heavy atom. The van der Waals surface area contributed by atoms with Gasteiger partial charge in [-0.15, -0.1) is 11.3 Å². The zero-order valence-corrected chi connectivity index (χ0v) is 14.8. The smallest absolute Gasteiger partial charge is 0.111 e. The van der Waals surface area contributed by atoms with Crippen LogP contribution in [0.4, 0.5) is 0 Å². The molecule has 0 radical (unpaired) electrons. The molecule has 0 saturated heterocycles. The highest BCUT2D eigenvalue weighted by Crippen LogP contribution is 2.35. The van der Waals surface area contributed by atoms with E-state index >= 15 is 0 Å². The van der Waals surface area contributed by atoms with Crippen LogP contribution in [0.2, 0.25) is 0 Å². The summed E-state index contributed by atoms with van der Waals surface area (Å²) in [6, 6.07) is 10.1. The molecule has 0 bridgehead atoms. The molecule has 0 spiro atoms. The molecule has 0 aliphatic carbocycles. The van der Waals surface area contributed by atoms with E-state index in [-0.39, 0.29) is 6.04 Å². The third-order valence-corrected chi connectivity index (χ3v) is 5.75. The van der Waals surface area contributed by atoms with Gasteiger partial charge in [0.15, 0.2) is 0 Å². The van der Waals surface area contributed by atoms with Crippen LogP contribution in [-0.4, -0.2) is 9.55 Å². The van der Waals surface area contributed by atoms with Crippen molar-refractivity contribution in [2.45, 2.75) is 12.5 Å². The number of fused-ring (bicyclic) bond motifs is 1. The van der Waals surface area contributed by atoms with Gasteiger partial charge < -0.3 is 10.3 Å². The van der Waals surface area contributed by atoms with Crippen LogP contribution < -0.4 is 5.73 Å². The molecular weight excluding hydrogens is 402 g/mol. The highest BCUT2D eigenvalue weighted by atomic mass is 79.9. The molecule has 0 saturated carbocycles. The van der Waals surface area contributed by atoms with Crippen LogP contribution in [0.5, 0.6) is 0 Å². The fourth-order valence-corrected chi connectivity index (χ4v) is 5.29. The van der Waals surface area contributed by atoms with Gasteiger partial charge in [-0.1, -0.05) is 12.1 Å². The monoisotopic (exact) mass is 413 g/mol. The number of aryl methyl sites for hydroxylation is 1. The first kappa shape index (κ1) is 14.3. The number of halogens is 2. The van der Waals surface area contributed by atoms with E-state index in [0.717, 1.165) is 30.0 Å². The summed E-state index contributed by atoms with van der Waals surface area (Å²) in [7, 11) is 2.04. The van der Waals surface area contributed by atoms with E-state index in [9.17, 15) is 0 Å². The van der Waals surface area contributed by atoms with Crippen LogP contribution in [0.3, 0.4) is 0 Å². The summed E-state index contributed by atoms with van der Waals surface area (Å²) in [5, 5.41) is 0. The molecule has 3 rings (SSSR count). The number of thiophene rings is 1. The van der Waals surface area contributed by atoms with Crippen molar-refractivity contribution in [3.63, 3.8) is 0 Å². The van der Waals surface area contributed by atoms with Gasteiger partial charge in [0, 0.05) is 19.5 Å². The van der Waals surface area contributed by atoms with Crippen LogP contribution in [-0.2, 0) is 13.5 Å². The van der Waals surface area contributed by atoms with Crippen molar-refractivity contribution >= 4 is 54.2 Å². The summed E-state index contributed by atoms with van der Waals surface area (Å²) in [5.41, 5.74) is 9.61. The lowest BCUT2D eigenvalue weighted by molar-refractivity contribution is 0.665. The van der Waals surface area contributed by atoms with E-state index in [1.54, 1.807) is 11.3 Å². The summed E-state index contributed by atoms with van der Waals surface area (Å²) in [5.74, 6) is 1.01. The molecule has 0 aliphatic heterocycles. The number of imidazole rings is 1. The molecule has 1 aromatic carbocycles. The number of nitrogens with zero attached hydrogens (tertiary/aromatic N) is 2. The maximum atomic E-state index is 6.33. The zero-order chi connectivity index (χ0) is 14.3. The Morgan fingerprint density at radius 2 is 2.10 bits per heavy atom. The number of hydrogen-bond donors (Lipinski definition) is 1. The Hall–Kier alpha value is -0.690. The second-order valence-electron chi connectivity index (χ2n) is 4.67. The fourth-order valence-electron chi connectivity index (χ4n) is 2.29. The lowest BCUT2D eigenvalue weighted by Gasteiger charge is -2.10. The standard InChI is InChI=1S/C14H13Br2N3S/c1-19-11-5-3-2-4-10(11)18-13(19)7-9(17)8-6-12(15)20-14(8)16/h2-6,9H,7,17H2,1H3. The number of rotatable bonds is 3. The predicted octanol–water partition coefficient (Wildman–Crippen LogP) is 4.40. The summed E-state index contributed by atoms with van der Waals surface area (Å²) < 4.78 is 4.28. The molecule has 104 valence electrons. The number of benzene rings is 1. The average molecular weight is 415 g/mol. The zero-order valence-electron chi connectivity index (χ0n) is 10.8. The molecule has 2 N–H and O–H groups in total. The average Bonchev–Trinajstić information content (AvgIpc) is 2.91. The Bertz CT molecular complexity index is 763. The van der Waals surface area contributed by atoms with Gasteiger partial charge >= 0.3 is 0 Å². The third kappa shape index (κ3) is 2.57. The van der Waals surface area contributed by atoms with Crippen molar-refractivity contribution in [2.75, 3.05) is 0 Å². The highest BCUT2D eigenvalue weighted by Gasteiger charge is 2.17. The predicted molar refractivity (Wildman–Crippen MR) is 91.1 cm³/mol. The minimum atomic E-state index is -0.0672. The van der Waals surface area contributed by atoms with Gasteiger partial charge in [0.1, 0.15) is 5.82 Å². The Kier molecular flexibility index (Phi) is 3.99. The summed E-state index contributed by atoms with van der Waals surface area (Å²) >= 11 is 8.70. The first-order valence-electron chi connectivity index (χ1n) is 6.17. The minimum Gasteiger partial charge on any atom is -0.331 e. The van der Waals surface area contributed by atoms with Crippen LogP contribution in [0.15, 0.2) is 37.9 Å². The highest BCUT2D eigenvalue weighted by molar-refractivity contribution is 9.12. The van der Waals surface area contributed by atoms with Crippen molar-refractivity contribution in [2.24, 2.45) is 12.8 Å². The van der Waals surface area contributed by atoms with Crippen LogP contribution >= 0.6 is 43.2 Å². The van der Waals surface area contributed by atoms with Crippen LogP contribution in [0.1, 0.15) is 17.4 Å². The first-order valence-corrected chi connectivity index (χ1v) is 8.57. The Balaban J connectivity index is 1.93. The van der Waals surface area contributed by atoms with Gasteiger partial charge in [-0.2, -0.15) is 0 Å². The molecule has 6 heteroatoms. The van der Waals surface area contributed by atoms with E-state index in [1.165, 1.54) is 0 Å². The largest absolute Gasteiger partial charge is 0.331 e. The number of hydrogen-bond acceptors (Lipinski definition) is 3. The molecular formula is C14H13Br2N3S. The number of para-hydroxylation sites is 2. The normalized spacial score (nSPS) is 13.0. The SMILES string of the molecule is Cn1c(CC(N)c2cc(Br)sc2Br)nc2ccccc21. The fraction of sp³-hybridized carbons (Fsp3) is 0.214. The number of nitrogens with two attached hydrogens (primary N) is 1. The summed E-state index contributed by atoms with van der Waals surface area (Å²) in [4.78, 5) is 4.67. The van der Waals surface area contributed by atoms with E-state index in [0.29, 0.717) is 6.42 Å². The molecule has 0 aliphatic rings. The van der Waals surface area contributed by atoms with E-state index in [2.05, 4.69) is 53.5 Å². The molecule has 2 heterocycles. The van der Waals surface area contributed by atoms with E-state index in [1.807, 2.05) is 25.2 Å². The van der Waals surface area contributed by atoms with Crippen molar-refractivity contribution in [3.05, 3.63) is 49.3 Å². The van der Waals surface area contributed by atoms with E-state index in [4.69, 9.17) is 5.73 Å². The summed E-state index contributed by atoms with van der Waals surface area (Å²) in [6.07, 6.45) is 0.715. The van der Waals surface area contributed by atoms with Crippen molar-refractivity contribution < 1.29 is 0 Å². The second kappa shape index (κ2) is 5.60. The van der Waals surface area contributed by atoms with Gasteiger partial charge in [0.2, 0.25) is 0 Å². The lowest BCUT2D eigenvalue weighted by Crippen LogP contribution is -2.15. The van der Waals surface area contributed by atoms with E-state index < -0.39 is 0 Å². The summed E-state index contributed by atoms with van der Waals surface area (Å²) in [6.45, 7) is 0. The molecule has 0 fully saturated rings. The van der Waals surface area contributed by atoms with Gasteiger partial charge in [0.05, 0.1) is 18.6 Å². The Labute approximate surface area is 138 Å².